The molecule has 1 aromatic carbocycles. The third kappa shape index (κ3) is 2.98. The van der Waals surface area contributed by atoms with Gasteiger partial charge in [-0.15, -0.1) is 0 Å². The van der Waals surface area contributed by atoms with Gasteiger partial charge in [0.05, 0.1) is 11.6 Å². The monoisotopic (exact) mass is 238 g/mol. The molecule has 0 radical (unpaired) electrons. The largest absolute Gasteiger partial charge is 0.370 e. The molecule has 0 fully saturated rings. The summed E-state index contributed by atoms with van der Waals surface area (Å²) in [7, 11) is 0. The SMILES string of the molecule is CCNc1cccc(Nc2cccc(C#N)c2)n1. The first kappa shape index (κ1) is 11.9. The number of hydrogen-bond donors (Lipinski definition) is 2. The van der Waals surface area contributed by atoms with Crippen molar-refractivity contribution in [1.29, 1.82) is 5.26 Å². The highest BCUT2D eigenvalue weighted by atomic mass is 15.1. The molecule has 0 unspecified atom stereocenters. The van der Waals surface area contributed by atoms with Gasteiger partial charge in [-0.1, -0.05) is 12.1 Å². The second-order valence-corrected chi connectivity index (χ2v) is 3.76. The molecular weight excluding hydrogens is 224 g/mol. The van der Waals surface area contributed by atoms with E-state index in [0.29, 0.717) is 5.56 Å². The minimum atomic E-state index is 0.628. The van der Waals surface area contributed by atoms with Crippen LogP contribution in [-0.4, -0.2) is 11.5 Å². The topological polar surface area (TPSA) is 60.7 Å². The highest BCUT2D eigenvalue weighted by Gasteiger charge is 1.99. The number of hydrogen-bond acceptors (Lipinski definition) is 4. The highest BCUT2D eigenvalue weighted by Crippen LogP contribution is 2.17. The van der Waals surface area contributed by atoms with E-state index < -0.39 is 0 Å². The van der Waals surface area contributed by atoms with Crippen LogP contribution in [0.25, 0.3) is 0 Å². The first-order valence-electron chi connectivity index (χ1n) is 5.80. The van der Waals surface area contributed by atoms with Crippen LogP contribution >= 0.6 is 0 Å². The number of aromatic nitrogens is 1. The molecule has 0 saturated heterocycles. The standard InChI is InChI=1S/C14H14N4/c1-2-16-13-7-4-8-14(18-13)17-12-6-3-5-11(9-12)10-15/h3-9H,2H2,1H3,(H2,16,17,18). The van der Waals surface area contributed by atoms with Crippen LogP contribution in [0.4, 0.5) is 17.3 Å². The molecule has 2 aromatic rings. The normalized spacial score (nSPS) is 9.56. The van der Waals surface area contributed by atoms with Crippen LogP contribution in [0.1, 0.15) is 12.5 Å². The Morgan fingerprint density at radius 3 is 2.72 bits per heavy atom. The summed E-state index contributed by atoms with van der Waals surface area (Å²) in [5, 5.41) is 15.2. The fourth-order valence-corrected chi connectivity index (χ4v) is 1.60. The van der Waals surface area contributed by atoms with Gasteiger partial charge in [0, 0.05) is 12.2 Å². The number of rotatable bonds is 4. The summed E-state index contributed by atoms with van der Waals surface area (Å²) in [5.41, 5.74) is 1.48. The molecule has 0 aliphatic carbocycles. The molecular formula is C14H14N4. The Kier molecular flexibility index (Phi) is 3.77. The summed E-state index contributed by atoms with van der Waals surface area (Å²) in [4.78, 5) is 4.41. The summed E-state index contributed by atoms with van der Waals surface area (Å²) in [6, 6.07) is 15.2. The van der Waals surface area contributed by atoms with Gasteiger partial charge in [0.2, 0.25) is 0 Å². The molecule has 2 rings (SSSR count). The zero-order chi connectivity index (χ0) is 12.8. The van der Waals surface area contributed by atoms with Crippen LogP contribution in [-0.2, 0) is 0 Å². The molecule has 1 heterocycles. The fraction of sp³-hybridized carbons (Fsp3) is 0.143. The molecule has 90 valence electrons. The van der Waals surface area contributed by atoms with Crippen molar-refractivity contribution in [2.75, 3.05) is 17.2 Å². The van der Waals surface area contributed by atoms with Crippen LogP contribution in [0.15, 0.2) is 42.5 Å². The van der Waals surface area contributed by atoms with E-state index in [0.717, 1.165) is 23.9 Å². The molecule has 2 N–H and O–H groups in total. The molecule has 4 nitrogen and oxygen atoms in total. The third-order valence-corrected chi connectivity index (χ3v) is 2.37. The number of nitrogens with one attached hydrogen (secondary N) is 2. The zero-order valence-corrected chi connectivity index (χ0v) is 10.1. The molecule has 0 atom stereocenters. The Balaban J connectivity index is 2.18. The lowest BCUT2D eigenvalue weighted by molar-refractivity contribution is 1.16. The molecule has 1 aromatic heterocycles. The van der Waals surface area contributed by atoms with E-state index in [-0.39, 0.29) is 0 Å². The van der Waals surface area contributed by atoms with E-state index in [1.165, 1.54) is 0 Å². The van der Waals surface area contributed by atoms with Crippen LogP contribution in [0, 0.1) is 11.3 Å². The fourth-order valence-electron chi connectivity index (χ4n) is 1.60. The minimum absolute atomic E-state index is 0.628. The highest BCUT2D eigenvalue weighted by molar-refractivity contribution is 5.59. The first-order chi connectivity index (χ1) is 8.81. The quantitative estimate of drug-likeness (QED) is 0.859. The van der Waals surface area contributed by atoms with Crippen LogP contribution in [0.3, 0.4) is 0 Å². The summed E-state index contributed by atoms with van der Waals surface area (Å²) < 4.78 is 0. The number of nitriles is 1. The maximum Gasteiger partial charge on any atom is 0.132 e. The van der Waals surface area contributed by atoms with Gasteiger partial charge in [-0.05, 0) is 37.3 Å². The predicted molar refractivity (Wildman–Crippen MR) is 72.8 cm³/mol. The number of anilines is 3. The van der Waals surface area contributed by atoms with Crippen molar-refractivity contribution in [3.63, 3.8) is 0 Å². The predicted octanol–water partition coefficient (Wildman–Crippen LogP) is 3.13. The lowest BCUT2D eigenvalue weighted by atomic mass is 10.2. The van der Waals surface area contributed by atoms with Gasteiger partial charge in [0.1, 0.15) is 11.6 Å². The van der Waals surface area contributed by atoms with Crippen molar-refractivity contribution >= 4 is 17.3 Å². The lowest BCUT2D eigenvalue weighted by Gasteiger charge is -2.08. The van der Waals surface area contributed by atoms with E-state index in [1.807, 2.05) is 37.3 Å². The average Bonchev–Trinajstić information content (AvgIpc) is 2.40. The summed E-state index contributed by atoms with van der Waals surface area (Å²) in [5.74, 6) is 1.59. The van der Waals surface area contributed by atoms with Crippen molar-refractivity contribution in [2.24, 2.45) is 0 Å². The van der Waals surface area contributed by atoms with Crippen molar-refractivity contribution in [2.45, 2.75) is 6.92 Å². The van der Waals surface area contributed by atoms with Crippen molar-refractivity contribution in [3.8, 4) is 6.07 Å². The van der Waals surface area contributed by atoms with Crippen molar-refractivity contribution in [3.05, 3.63) is 48.0 Å². The van der Waals surface area contributed by atoms with E-state index >= 15 is 0 Å². The molecule has 18 heavy (non-hydrogen) atoms. The summed E-state index contributed by atoms with van der Waals surface area (Å²) >= 11 is 0. The van der Waals surface area contributed by atoms with Gasteiger partial charge in [0.25, 0.3) is 0 Å². The molecule has 0 saturated carbocycles. The van der Waals surface area contributed by atoms with E-state index in [9.17, 15) is 0 Å². The molecule has 0 aliphatic heterocycles. The van der Waals surface area contributed by atoms with E-state index in [2.05, 4.69) is 21.7 Å². The second kappa shape index (κ2) is 5.69. The van der Waals surface area contributed by atoms with Crippen LogP contribution in [0.2, 0.25) is 0 Å². The van der Waals surface area contributed by atoms with Crippen molar-refractivity contribution < 1.29 is 0 Å². The van der Waals surface area contributed by atoms with Crippen molar-refractivity contribution in [1.82, 2.24) is 4.98 Å². The summed E-state index contributed by atoms with van der Waals surface area (Å²) in [6.07, 6.45) is 0. The first-order valence-corrected chi connectivity index (χ1v) is 5.80. The Hall–Kier alpha value is -2.54. The number of benzene rings is 1. The maximum atomic E-state index is 8.84. The minimum Gasteiger partial charge on any atom is -0.370 e. The van der Waals surface area contributed by atoms with Gasteiger partial charge < -0.3 is 10.6 Å². The van der Waals surface area contributed by atoms with E-state index in [1.54, 1.807) is 12.1 Å². The Morgan fingerprint density at radius 2 is 1.94 bits per heavy atom. The molecule has 0 spiro atoms. The van der Waals surface area contributed by atoms with Gasteiger partial charge in [0.15, 0.2) is 0 Å². The number of pyridine rings is 1. The van der Waals surface area contributed by atoms with E-state index in [4.69, 9.17) is 5.26 Å². The van der Waals surface area contributed by atoms with Crippen LogP contribution in [0.5, 0.6) is 0 Å². The molecule has 4 heteroatoms. The second-order valence-electron chi connectivity index (χ2n) is 3.76. The Bertz CT molecular complexity index is 572. The van der Waals surface area contributed by atoms with Gasteiger partial charge in [-0.2, -0.15) is 5.26 Å². The third-order valence-electron chi connectivity index (χ3n) is 2.37. The molecule has 0 amide bonds. The van der Waals surface area contributed by atoms with Crippen LogP contribution < -0.4 is 10.6 Å². The maximum absolute atomic E-state index is 8.84. The zero-order valence-electron chi connectivity index (χ0n) is 10.1. The van der Waals surface area contributed by atoms with Gasteiger partial charge in [-0.3, -0.25) is 0 Å². The lowest BCUT2D eigenvalue weighted by Crippen LogP contribution is -2.01. The molecule has 0 bridgehead atoms. The Labute approximate surface area is 106 Å². The average molecular weight is 238 g/mol. The van der Waals surface area contributed by atoms with Gasteiger partial charge >= 0.3 is 0 Å². The summed E-state index contributed by atoms with van der Waals surface area (Å²) in [6.45, 7) is 2.86. The molecule has 0 aliphatic rings. The van der Waals surface area contributed by atoms with Gasteiger partial charge in [-0.25, -0.2) is 4.98 Å². The smallest absolute Gasteiger partial charge is 0.132 e. The Morgan fingerprint density at radius 1 is 1.17 bits per heavy atom. The number of nitrogens with zero attached hydrogens (tertiary/aromatic N) is 2.